The summed E-state index contributed by atoms with van der Waals surface area (Å²) in [4.78, 5) is 0. The molecule has 21 heavy (non-hydrogen) atoms. The van der Waals surface area contributed by atoms with E-state index < -0.39 is 6.49 Å². The number of rotatable bonds is 5. The first-order valence-corrected chi connectivity index (χ1v) is 10.8. The maximum atomic E-state index is 6.29. The Kier molecular flexibility index (Phi) is 5.32. The number of benzene rings is 1. The Bertz CT molecular complexity index is 606. The molecule has 0 N–H and O–H groups in total. The summed E-state index contributed by atoms with van der Waals surface area (Å²) in [5.74, 6) is 1.31. The molecule has 0 bridgehead atoms. The van der Waals surface area contributed by atoms with Crippen LogP contribution in [-0.4, -0.2) is 18.4 Å². The zero-order valence-electron chi connectivity index (χ0n) is 12.5. The highest BCUT2D eigenvalue weighted by molar-refractivity contribution is 9.10. The molecule has 0 amide bonds. The fraction of sp³-hybridized carbons (Fsp3) is 0.571. The van der Waals surface area contributed by atoms with Gasteiger partial charge >= 0.3 is 0 Å². The summed E-state index contributed by atoms with van der Waals surface area (Å²) < 4.78 is 18.6. The molecule has 118 valence electrons. The van der Waals surface area contributed by atoms with E-state index in [2.05, 4.69) is 15.9 Å². The number of halogens is 2. The van der Waals surface area contributed by atoms with Gasteiger partial charge in [-0.3, -0.25) is 0 Å². The lowest BCUT2D eigenvalue weighted by Gasteiger charge is -2.23. The van der Waals surface area contributed by atoms with Crippen LogP contribution in [0, 0.1) is 0 Å². The highest BCUT2D eigenvalue weighted by Gasteiger charge is 2.36. The molecule has 0 saturated heterocycles. The lowest BCUT2D eigenvalue weighted by Crippen LogP contribution is -2.24. The van der Waals surface area contributed by atoms with Gasteiger partial charge in [0.1, 0.15) is 5.60 Å². The van der Waals surface area contributed by atoms with Crippen molar-refractivity contribution in [3.8, 4) is 11.5 Å². The van der Waals surface area contributed by atoms with Crippen LogP contribution in [0.1, 0.15) is 33.3 Å². The van der Waals surface area contributed by atoms with Crippen molar-refractivity contribution in [3.63, 3.8) is 0 Å². The maximum Gasteiger partial charge on any atom is 0.238 e. The molecule has 0 fully saturated rings. The zero-order valence-corrected chi connectivity index (χ0v) is 16.6. The molecule has 1 unspecified atom stereocenters. The van der Waals surface area contributed by atoms with Crippen LogP contribution >= 0.6 is 34.0 Å². The average Bonchev–Trinajstić information content (AvgIpc) is 2.72. The van der Waals surface area contributed by atoms with Crippen molar-refractivity contribution in [1.29, 1.82) is 0 Å². The summed E-state index contributed by atoms with van der Waals surface area (Å²) in [6.07, 6.45) is 1.42. The van der Waals surface area contributed by atoms with Crippen molar-refractivity contribution < 1.29 is 13.8 Å². The van der Waals surface area contributed by atoms with E-state index in [1.165, 1.54) is 0 Å². The van der Waals surface area contributed by atoms with Crippen LogP contribution in [0.15, 0.2) is 10.5 Å². The first-order chi connectivity index (χ1) is 9.71. The van der Waals surface area contributed by atoms with Crippen LogP contribution in [0.25, 0.3) is 0 Å². The predicted molar refractivity (Wildman–Crippen MR) is 94.6 cm³/mol. The molecular weight excluding hydrogens is 395 g/mol. The van der Waals surface area contributed by atoms with Crippen molar-refractivity contribution in [2.75, 3.05) is 12.8 Å². The zero-order chi connectivity index (χ0) is 15.8. The summed E-state index contributed by atoms with van der Waals surface area (Å²) in [6, 6.07) is 1.75. The fourth-order valence-corrected chi connectivity index (χ4v) is 4.64. The molecule has 0 aliphatic carbocycles. The molecule has 1 atom stereocenters. The van der Waals surface area contributed by atoms with E-state index in [1.54, 1.807) is 6.07 Å². The Morgan fingerprint density at radius 1 is 1.48 bits per heavy atom. The standard InChI is InChI=1S/C14H19BrClO3PS/c1-5-17-20(21,6-2)19-11-7-10(16)12(15)9-8-14(3,4)18-13(9)11/h7H,5-6,8H2,1-4H3. The van der Waals surface area contributed by atoms with Crippen molar-refractivity contribution in [1.82, 2.24) is 0 Å². The number of hydrogen-bond acceptors (Lipinski definition) is 4. The van der Waals surface area contributed by atoms with E-state index in [4.69, 9.17) is 37.2 Å². The van der Waals surface area contributed by atoms with Gasteiger partial charge in [0.05, 0.1) is 11.6 Å². The second-order valence-electron chi connectivity index (χ2n) is 5.45. The molecule has 0 saturated carbocycles. The summed E-state index contributed by atoms with van der Waals surface area (Å²) in [6.45, 7) is 6.14. The number of fused-ring (bicyclic) bond motifs is 1. The molecule has 3 nitrogen and oxygen atoms in total. The van der Waals surface area contributed by atoms with Gasteiger partial charge in [0.2, 0.25) is 6.49 Å². The quantitative estimate of drug-likeness (QED) is 0.591. The Labute approximate surface area is 144 Å². The van der Waals surface area contributed by atoms with Crippen molar-refractivity contribution in [3.05, 3.63) is 21.1 Å². The van der Waals surface area contributed by atoms with E-state index in [1.807, 2.05) is 27.7 Å². The van der Waals surface area contributed by atoms with E-state index in [9.17, 15) is 0 Å². The van der Waals surface area contributed by atoms with Crippen LogP contribution in [0.2, 0.25) is 5.02 Å². The van der Waals surface area contributed by atoms with Crippen LogP contribution in [0.3, 0.4) is 0 Å². The molecule has 0 spiro atoms. The predicted octanol–water partition coefficient (Wildman–Crippen LogP) is 5.56. The highest BCUT2D eigenvalue weighted by Crippen LogP contribution is 2.55. The Balaban J connectivity index is 2.45. The number of hydrogen-bond donors (Lipinski definition) is 0. The van der Waals surface area contributed by atoms with Gasteiger partial charge < -0.3 is 13.8 Å². The third-order valence-corrected chi connectivity index (χ3v) is 7.81. The molecule has 1 aromatic rings. The smallest absolute Gasteiger partial charge is 0.238 e. The topological polar surface area (TPSA) is 27.7 Å². The molecule has 1 heterocycles. The maximum absolute atomic E-state index is 6.29. The van der Waals surface area contributed by atoms with Crippen LogP contribution in [0.4, 0.5) is 0 Å². The normalized spacial score (nSPS) is 18.8. The molecule has 2 rings (SSSR count). The van der Waals surface area contributed by atoms with Gasteiger partial charge in [-0.25, -0.2) is 0 Å². The van der Waals surface area contributed by atoms with E-state index in [-0.39, 0.29) is 5.60 Å². The first kappa shape index (κ1) is 17.6. The second-order valence-corrected chi connectivity index (χ2v) is 10.6. The summed E-state index contributed by atoms with van der Waals surface area (Å²) in [5, 5.41) is 0.596. The van der Waals surface area contributed by atoms with Gasteiger partial charge in [0.15, 0.2) is 11.5 Å². The van der Waals surface area contributed by atoms with Gasteiger partial charge in [0, 0.05) is 28.7 Å². The summed E-state index contributed by atoms with van der Waals surface area (Å²) in [5.41, 5.74) is 0.741. The molecular formula is C14H19BrClO3PS. The van der Waals surface area contributed by atoms with Crippen LogP contribution in [-0.2, 0) is 22.8 Å². The van der Waals surface area contributed by atoms with Gasteiger partial charge in [-0.15, -0.1) is 0 Å². The Morgan fingerprint density at radius 3 is 2.71 bits per heavy atom. The minimum atomic E-state index is -2.35. The largest absolute Gasteiger partial charge is 0.483 e. The van der Waals surface area contributed by atoms with Gasteiger partial charge in [-0.2, -0.15) is 0 Å². The summed E-state index contributed by atoms with van der Waals surface area (Å²) >= 11 is 15.4. The molecule has 0 aromatic heterocycles. The fourth-order valence-electron chi connectivity index (χ4n) is 2.24. The monoisotopic (exact) mass is 412 g/mol. The van der Waals surface area contributed by atoms with E-state index in [0.717, 1.165) is 22.2 Å². The molecule has 1 aliphatic heterocycles. The van der Waals surface area contributed by atoms with E-state index >= 15 is 0 Å². The minimum absolute atomic E-state index is 0.284. The average molecular weight is 414 g/mol. The Hall–Kier alpha value is 0.200. The van der Waals surface area contributed by atoms with Crippen molar-refractivity contribution in [2.24, 2.45) is 0 Å². The SMILES string of the molecule is CCOP(=S)(CC)Oc1cc(Cl)c(Br)c2c1OC(C)(C)C2. The lowest BCUT2D eigenvalue weighted by molar-refractivity contribution is 0.135. The third kappa shape index (κ3) is 3.76. The molecule has 0 radical (unpaired) electrons. The molecule has 1 aliphatic rings. The van der Waals surface area contributed by atoms with Gasteiger partial charge in [-0.05, 0) is 48.5 Å². The van der Waals surface area contributed by atoms with Crippen molar-refractivity contribution >= 4 is 45.8 Å². The lowest BCUT2D eigenvalue weighted by atomic mass is 10.0. The summed E-state index contributed by atoms with van der Waals surface area (Å²) in [7, 11) is 0. The second kappa shape index (κ2) is 6.37. The van der Waals surface area contributed by atoms with Crippen molar-refractivity contribution in [2.45, 2.75) is 39.7 Å². The number of ether oxygens (including phenoxy) is 1. The highest BCUT2D eigenvalue weighted by atomic mass is 79.9. The molecule has 1 aromatic carbocycles. The first-order valence-electron chi connectivity index (χ1n) is 6.84. The van der Waals surface area contributed by atoms with Crippen LogP contribution in [0.5, 0.6) is 11.5 Å². The minimum Gasteiger partial charge on any atom is -0.483 e. The molecule has 7 heteroatoms. The van der Waals surface area contributed by atoms with Gasteiger partial charge in [0.25, 0.3) is 0 Å². The third-order valence-electron chi connectivity index (χ3n) is 3.16. The van der Waals surface area contributed by atoms with Crippen LogP contribution < -0.4 is 9.26 Å². The Morgan fingerprint density at radius 2 is 2.14 bits per heavy atom. The van der Waals surface area contributed by atoms with E-state index in [0.29, 0.717) is 23.5 Å². The van der Waals surface area contributed by atoms with Gasteiger partial charge in [-0.1, -0.05) is 18.5 Å².